The van der Waals surface area contributed by atoms with Gasteiger partial charge in [0.2, 0.25) is 0 Å². The molecule has 4 heteroatoms. The van der Waals surface area contributed by atoms with Gasteiger partial charge in [-0.05, 0) is 23.3 Å². The van der Waals surface area contributed by atoms with Crippen LogP contribution in [0.2, 0.25) is 0 Å². The van der Waals surface area contributed by atoms with E-state index < -0.39 is 12.0 Å². The van der Waals surface area contributed by atoms with Gasteiger partial charge in [-0.2, -0.15) is 0 Å². The van der Waals surface area contributed by atoms with Gasteiger partial charge in [0.05, 0.1) is 0 Å². The molecule has 1 unspecified atom stereocenters. The van der Waals surface area contributed by atoms with Gasteiger partial charge in [0.15, 0.2) is 0 Å². The maximum absolute atomic E-state index is 10.7. The quantitative estimate of drug-likeness (QED) is 0.591. The zero-order valence-electron chi connectivity index (χ0n) is 6.82. The van der Waals surface area contributed by atoms with Crippen LogP contribution in [-0.2, 0) is 11.3 Å². The van der Waals surface area contributed by atoms with Crippen molar-refractivity contribution >= 4 is 5.97 Å². The largest absolute Gasteiger partial charge is 0.508 e. The van der Waals surface area contributed by atoms with Crippen LogP contribution in [0.25, 0.3) is 0 Å². The van der Waals surface area contributed by atoms with Crippen LogP contribution in [-0.4, -0.2) is 16.2 Å². The second kappa shape index (κ2) is 2.74. The molecular formula is C9H9NO3. The fourth-order valence-electron chi connectivity index (χ4n) is 1.57. The van der Waals surface area contributed by atoms with E-state index in [9.17, 15) is 4.79 Å². The fraction of sp³-hybridized carbons (Fsp3) is 0.222. The number of phenols is 1. The molecule has 0 saturated heterocycles. The van der Waals surface area contributed by atoms with Gasteiger partial charge >= 0.3 is 5.97 Å². The zero-order valence-corrected chi connectivity index (χ0v) is 6.82. The lowest BCUT2D eigenvalue weighted by Gasteiger charge is -2.04. The Hall–Kier alpha value is -1.55. The van der Waals surface area contributed by atoms with E-state index in [1.165, 1.54) is 6.07 Å². The molecule has 0 saturated carbocycles. The molecule has 4 nitrogen and oxygen atoms in total. The highest BCUT2D eigenvalue weighted by Crippen LogP contribution is 2.28. The molecule has 1 heterocycles. The minimum Gasteiger partial charge on any atom is -0.508 e. The average Bonchev–Trinajstić information content (AvgIpc) is 2.46. The summed E-state index contributed by atoms with van der Waals surface area (Å²) in [6, 6.07) is 4.10. The number of benzene rings is 1. The molecule has 13 heavy (non-hydrogen) atoms. The number of phenolic OH excluding ortho intramolecular Hbond substituents is 1. The molecule has 0 bridgehead atoms. The normalized spacial score (nSPS) is 19.8. The second-order valence-corrected chi connectivity index (χ2v) is 3.04. The molecule has 1 aromatic carbocycles. The maximum atomic E-state index is 10.7. The maximum Gasteiger partial charge on any atom is 0.325 e. The Morgan fingerprint density at radius 1 is 1.54 bits per heavy atom. The van der Waals surface area contributed by atoms with Crippen LogP contribution in [0.3, 0.4) is 0 Å². The molecule has 0 aliphatic carbocycles. The molecule has 0 amide bonds. The number of carbonyl (C=O) groups is 1. The molecule has 0 fully saturated rings. The van der Waals surface area contributed by atoms with Crippen molar-refractivity contribution in [3.63, 3.8) is 0 Å². The molecule has 1 aliphatic heterocycles. The summed E-state index contributed by atoms with van der Waals surface area (Å²) >= 11 is 0. The summed E-state index contributed by atoms with van der Waals surface area (Å²) < 4.78 is 0. The Labute approximate surface area is 74.8 Å². The molecule has 68 valence electrons. The van der Waals surface area contributed by atoms with Crippen molar-refractivity contribution in [1.82, 2.24) is 5.32 Å². The summed E-state index contributed by atoms with van der Waals surface area (Å²) in [5, 5.41) is 20.8. The van der Waals surface area contributed by atoms with Crippen LogP contribution in [0.4, 0.5) is 0 Å². The van der Waals surface area contributed by atoms with Gasteiger partial charge in [-0.1, -0.05) is 6.07 Å². The van der Waals surface area contributed by atoms with E-state index in [4.69, 9.17) is 10.2 Å². The van der Waals surface area contributed by atoms with Crippen LogP contribution in [0.5, 0.6) is 5.75 Å². The molecule has 1 aliphatic rings. The second-order valence-electron chi connectivity index (χ2n) is 3.04. The fourth-order valence-corrected chi connectivity index (χ4v) is 1.57. The van der Waals surface area contributed by atoms with Crippen LogP contribution in [0.1, 0.15) is 17.2 Å². The number of aromatic hydroxyl groups is 1. The molecule has 0 radical (unpaired) electrons. The minimum atomic E-state index is -0.885. The van der Waals surface area contributed by atoms with Gasteiger partial charge in [0, 0.05) is 6.54 Å². The Balaban J connectivity index is 2.44. The van der Waals surface area contributed by atoms with Crippen molar-refractivity contribution in [3.05, 3.63) is 29.3 Å². The highest BCUT2D eigenvalue weighted by Gasteiger charge is 2.27. The topological polar surface area (TPSA) is 69.6 Å². The standard InChI is InChI=1S/C9H9NO3/c11-6-1-2-7-5(3-6)4-10-8(7)9(12)13/h1-3,8,10-11H,4H2,(H,12,13). The number of aliphatic carboxylic acids is 1. The van der Waals surface area contributed by atoms with E-state index in [0.717, 1.165) is 11.1 Å². The Bertz CT molecular complexity index is 362. The first-order valence-corrected chi connectivity index (χ1v) is 3.96. The van der Waals surface area contributed by atoms with Crippen molar-refractivity contribution in [1.29, 1.82) is 0 Å². The summed E-state index contributed by atoms with van der Waals surface area (Å²) in [4.78, 5) is 10.7. The molecular weight excluding hydrogens is 170 g/mol. The van der Waals surface area contributed by atoms with Gasteiger partial charge in [0.1, 0.15) is 11.8 Å². The smallest absolute Gasteiger partial charge is 0.325 e. The summed E-state index contributed by atoms with van der Waals surface area (Å²) in [6.45, 7) is 0.501. The Morgan fingerprint density at radius 3 is 3.00 bits per heavy atom. The predicted molar refractivity (Wildman–Crippen MR) is 45.3 cm³/mol. The van der Waals surface area contributed by atoms with Gasteiger partial charge in [-0.3, -0.25) is 10.1 Å². The van der Waals surface area contributed by atoms with Crippen molar-refractivity contribution in [3.8, 4) is 5.75 Å². The molecule has 1 aromatic rings. The van der Waals surface area contributed by atoms with Crippen molar-refractivity contribution in [2.45, 2.75) is 12.6 Å². The van der Waals surface area contributed by atoms with E-state index >= 15 is 0 Å². The number of rotatable bonds is 1. The van der Waals surface area contributed by atoms with Crippen LogP contribution in [0, 0.1) is 0 Å². The van der Waals surface area contributed by atoms with Crippen molar-refractivity contribution < 1.29 is 15.0 Å². The number of hydrogen-bond acceptors (Lipinski definition) is 3. The van der Waals surface area contributed by atoms with Crippen molar-refractivity contribution in [2.75, 3.05) is 0 Å². The van der Waals surface area contributed by atoms with E-state index in [0.29, 0.717) is 6.54 Å². The number of fused-ring (bicyclic) bond motifs is 1. The summed E-state index contributed by atoms with van der Waals surface area (Å²) in [7, 11) is 0. The number of nitrogens with one attached hydrogen (secondary N) is 1. The van der Waals surface area contributed by atoms with Crippen molar-refractivity contribution in [2.24, 2.45) is 0 Å². The average molecular weight is 179 g/mol. The van der Waals surface area contributed by atoms with Gasteiger partial charge in [-0.15, -0.1) is 0 Å². The monoisotopic (exact) mass is 179 g/mol. The summed E-state index contributed by atoms with van der Waals surface area (Å²) in [6.07, 6.45) is 0. The third-order valence-corrected chi connectivity index (χ3v) is 2.18. The lowest BCUT2D eigenvalue weighted by molar-refractivity contribution is -0.139. The molecule has 0 spiro atoms. The highest BCUT2D eigenvalue weighted by molar-refractivity contribution is 5.77. The van der Waals surface area contributed by atoms with Gasteiger partial charge < -0.3 is 10.2 Å². The SMILES string of the molecule is O=C(O)C1NCc2cc(O)ccc21. The molecule has 0 aromatic heterocycles. The predicted octanol–water partition coefficient (Wildman–Crippen LogP) is 0.621. The first kappa shape index (κ1) is 8.07. The number of hydrogen-bond donors (Lipinski definition) is 3. The first-order chi connectivity index (χ1) is 6.18. The lowest BCUT2D eigenvalue weighted by atomic mass is 10.1. The van der Waals surface area contributed by atoms with Crippen LogP contribution < -0.4 is 5.32 Å². The van der Waals surface area contributed by atoms with E-state index in [-0.39, 0.29) is 5.75 Å². The Morgan fingerprint density at radius 2 is 2.31 bits per heavy atom. The number of carboxylic acid groups (broad SMARTS) is 1. The first-order valence-electron chi connectivity index (χ1n) is 3.96. The third kappa shape index (κ3) is 1.25. The van der Waals surface area contributed by atoms with Gasteiger partial charge in [0.25, 0.3) is 0 Å². The third-order valence-electron chi connectivity index (χ3n) is 2.18. The van der Waals surface area contributed by atoms with E-state index in [1.807, 2.05) is 0 Å². The van der Waals surface area contributed by atoms with E-state index in [2.05, 4.69) is 5.32 Å². The van der Waals surface area contributed by atoms with Crippen LogP contribution >= 0.6 is 0 Å². The lowest BCUT2D eigenvalue weighted by Crippen LogP contribution is -2.21. The minimum absolute atomic E-state index is 0.173. The summed E-state index contributed by atoms with van der Waals surface area (Å²) in [5.41, 5.74) is 1.60. The molecule has 2 rings (SSSR count). The zero-order chi connectivity index (χ0) is 9.42. The van der Waals surface area contributed by atoms with Crippen LogP contribution in [0.15, 0.2) is 18.2 Å². The Kier molecular flexibility index (Phi) is 1.70. The van der Waals surface area contributed by atoms with Gasteiger partial charge in [-0.25, -0.2) is 0 Å². The molecule has 3 N–H and O–H groups in total. The highest BCUT2D eigenvalue weighted by atomic mass is 16.4. The summed E-state index contributed by atoms with van der Waals surface area (Å²) in [5.74, 6) is -0.712. The molecule has 1 atom stereocenters. The number of carboxylic acids is 1. The van der Waals surface area contributed by atoms with E-state index in [1.54, 1.807) is 12.1 Å².